The van der Waals surface area contributed by atoms with Crippen LogP contribution in [-0.2, 0) is 11.3 Å². The van der Waals surface area contributed by atoms with Crippen molar-refractivity contribution in [1.29, 1.82) is 0 Å². The van der Waals surface area contributed by atoms with E-state index in [0.29, 0.717) is 6.54 Å². The van der Waals surface area contributed by atoms with Crippen molar-refractivity contribution in [2.45, 2.75) is 32.5 Å². The van der Waals surface area contributed by atoms with Gasteiger partial charge in [-0.2, -0.15) is 0 Å². The lowest BCUT2D eigenvalue weighted by Crippen LogP contribution is -2.32. The number of amides is 1. The number of rotatable bonds is 2. The van der Waals surface area contributed by atoms with E-state index in [0.717, 1.165) is 5.56 Å². The number of carbonyl (C=O) groups is 1. The van der Waals surface area contributed by atoms with E-state index in [1.165, 1.54) is 12.1 Å². The summed E-state index contributed by atoms with van der Waals surface area (Å²) in [6.07, 6.45) is -0.391. The van der Waals surface area contributed by atoms with Crippen molar-refractivity contribution < 1.29 is 13.9 Å². The van der Waals surface area contributed by atoms with Crippen LogP contribution in [0.5, 0.6) is 0 Å². The zero-order valence-corrected chi connectivity index (χ0v) is 9.31. The third kappa shape index (κ3) is 2.01. The first-order valence-electron chi connectivity index (χ1n) is 5.29. The van der Waals surface area contributed by atoms with Crippen LogP contribution in [0, 0.1) is 5.82 Å². The second kappa shape index (κ2) is 4.12. The molecular formula is C12H14FNO2. The Kier molecular flexibility index (Phi) is 2.81. The average Bonchev–Trinajstić information content (AvgIpc) is 2.48. The molecule has 1 aromatic carbocycles. The van der Waals surface area contributed by atoms with E-state index in [9.17, 15) is 9.18 Å². The Morgan fingerprint density at radius 1 is 1.31 bits per heavy atom. The number of carbonyl (C=O) groups excluding carboxylic acids is 1. The maximum Gasteiger partial charge on any atom is 0.410 e. The molecule has 0 aromatic heterocycles. The molecule has 2 rings (SSSR count). The molecule has 0 aliphatic carbocycles. The van der Waals surface area contributed by atoms with Crippen molar-refractivity contribution in [1.82, 2.24) is 4.90 Å². The first-order valence-corrected chi connectivity index (χ1v) is 5.29. The summed E-state index contributed by atoms with van der Waals surface area (Å²) in [6.45, 7) is 4.27. The lowest BCUT2D eigenvalue weighted by molar-refractivity contribution is 0.137. The van der Waals surface area contributed by atoms with E-state index in [1.807, 2.05) is 13.8 Å². The molecule has 1 aromatic rings. The van der Waals surface area contributed by atoms with Gasteiger partial charge in [-0.05, 0) is 31.5 Å². The van der Waals surface area contributed by atoms with Crippen molar-refractivity contribution in [3.63, 3.8) is 0 Å². The van der Waals surface area contributed by atoms with E-state index >= 15 is 0 Å². The van der Waals surface area contributed by atoms with Crippen molar-refractivity contribution in [2.24, 2.45) is 0 Å². The van der Waals surface area contributed by atoms with Crippen molar-refractivity contribution in [3.8, 4) is 0 Å². The fourth-order valence-electron chi connectivity index (χ4n) is 1.74. The molecule has 0 radical (unpaired) electrons. The minimum absolute atomic E-state index is 0.0533. The number of ether oxygens (including phenoxy) is 1. The monoisotopic (exact) mass is 223 g/mol. The minimum Gasteiger partial charge on any atom is -0.444 e. The molecule has 1 fully saturated rings. The van der Waals surface area contributed by atoms with Crippen LogP contribution in [0.4, 0.5) is 9.18 Å². The predicted molar refractivity (Wildman–Crippen MR) is 57.3 cm³/mol. The maximum atomic E-state index is 12.7. The molecule has 0 N–H and O–H groups in total. The molecule has 1 aliphatic heterocycles. The molecule has 1 saturated heterocycles. The van der Waals surface area contributed by atoms with Gasteiger partial charge in [-0.25, -0.2) is 9.18 Å². The minimum atomic E-state index is -0.302. The highest BCUT2D eigenvalue weighted by molar-refractivity contribution is 5.70. The summed E-state index contributed by atoms with van der Waals surface area (Å²) in [5.74, 6) is -0.269. The second-order valence-corrected chi connectivity index (χ2v) is 4.08. The molecule has 2 atom stereocenters. The average molecular weight is 223 g/mol. The van der Waals surface area contributed by atoms with Crippen LogP contribution in [0.2, 0.25) is 0 Å². The highest BCUT2D eigenvalue weighted by Crippen LogP contribution is 2.21. The molecule has 1 amide bonds. The van der Waals surface area contributed by atoms with E-state index in [4.69, 9.17) is 4.74 Å². The summed E-state index contributed by atoms with van der Waals surface area (Å²) in [6, 6.07) is 6.20. The first kappa shape index (κ1) is 10.9. The van der Waals surface area contributed by atoms with Gasteiger partial charge in [-0.15, -0.1) is 0 Å². The van der Waals surface area contributed by atoms with Crippen molar-refractivity contribution in [3.05, 3.63) is 35.6 Å². The first-order chi connectivity index (χ1) is 7.58. The quantitative estimate of drug-likeness (QED) is 0.771. The molecule has 3 nitrogen and oxygen atoms in total. The Morgan fingerprint density at radius 2 is 1.94 bits per heavy atom. The molecule has 0 bridgehead atoms. The molecule has 86 valence electrons. The highest BCUT2D eigenvalue weighted by Gasteiger charge is 2.35. The number of hydrogen-bond donors (Lipinski definition) is 0. The molecule has 0 unspecified atom stereocenters. The summed E-state index contributed by atoms with van der Waals surface area (Å²) >= 11 is 0. The standard InChI is InChI=1S/C12H14FNO2/c1-8-9(2)16-12(15)14(8)7-10-3-5-11(13)6-4-10/h3-6,8-9H,7H2,1-2H3/t8-,9-/m1/s1. The van der Waals surface area contributed by atoms with Crippen molar-refractivity contribution >= 4 is 6.09 Å². The van der Waals surface area contributed by atoms with E-state index in [-0.39, 0.29) is 24.1 Å². The lowest BCUT2D eigenvalue weighted by Gasteiger charge is -2.19. The topological polar surface area (TPSA) is 29.5 Å². The number of hydrogen-bond acceptors (Lipinski definition) is 2. The summed E-state index contributed by atoms with van der Waals surface area (Å²) < 4.78 is 17.8. The van der Waals surface area contributed by atoms with Gasteiger partial charge < -0.3 is 4.74 Å². The summed E-state index contributed by atoms with van der Waals surface area (Å²) in [4.78, 5) is 13.1. The molecule has 4 heteroatoms. The number of benzene rings is 1. The van der Waals surface area contributed by atoms with Gasteiger partial charge in [0.1, 0.15) is 11.9 Å². The zero-order chi connectivity index (χ0) is 11.7. The Morgan fingerprint density at radius 3 is 2.44 bits per heavy atom. The number of halogens is 1. The smallest absolute Gasteiger partial charge is 0.410 e. The normalized spacial score (nSPS) is 24.7. The summed E-state index contributed by atoms with van der Waals surface area (Å²) in [5, 5.41) is 0. The third-order valence-electron chi connectivity index (χ3n) is 2.96. The molecule has 1 heterocycles. The molecule has 16 heavy (non-hydrogen) atoms. The van der Waals surface area contributed by atoms with Crippen molar-refractivity contribution in [2.75, 3.05) is 0 Å². The van der Waals surface area contributed by atoms with Gasteiger partial charge in [-0.3, -0.25) is 4.90 Å². The largest absolute Gasteiger partial charge is 0.444 e. The van der Waals surface area contributed by atoms with Gasteiger partial charge in [0.05, 0.1) is 6.04 Å². The third-order valence-corrected chi connectivity index (χ3v) is 2.96. The Balaban J connectivity index is 2.10. The van der Waals surface area contributed by atoms with Crippen LogP contribution in [0.1, 0.15) is 19.4 Å². The van der Waals surface area contributed by atoms with Gasteiger partial charge >= 0.3 is 6.09 Å². The van der Waals surface area contributed by atoms with Crippen LogP contribution >= 0.6 is 0 Å². The second-order valence-electron chi connectivity index (χ2n) is 4.08. The Bertz CT molecular complexity index is 391. The lowest BCUT2D eigenvalue weighted by atomic mass is 10.1. The molecule has 0 saturated carbocycles. The number of cyclic esters (lactones) is 1. The zero-order valence-electron chi connectivity index (χ0n) is 9.31. The van der Waals surface area contributed by atoms with Gasteiger partial charge in [0.25, 0.3) is 0 Å². The Hall–Kier alpha value is -1.58. The summed E-state index contributed by atoms with van der Waals surface area (Å²) in [5.41, 5.74) is 0.902. The Labute approximate surface area is 93.8 Å². The van der Waals surface area contributed by atoms with E-state index in [1.54, 1.807) is 17.0 Å². The number of nitrogens with zero attached hydrogens (tertiary/aromatic N) is 1. The van der Waals surface area contributed by atoms with E-state index in [2.05, 4.69) is 0 Å². The molecular weight excluding hydrogens is 209 g/mol. The van der Waals surface area contributed by atoms with Crippen LogP contribution in [0.15, 0.2) is 24.3 Å². The SMILES string of the molecule is C[C@@H]1[C@@H](C)OC(=O)N1Cc1ccc(F)cc1. The fourth-order valence-corrected chi connectivity index (χ4v) is 1.74. The molecule has 1 aliphatic rings. The fraction of sp³-hybridized carbons (Fsp3) is 0.417. The van der Waals surface area contributed by atoms with Gasteiger partial charge in [0.2, 0.25) is 0 Å². The predicted octanol–water partition coefficient (Wildman–Crippen LogP) is 2.55. The van der Waals surface area contributed by atoms with Gasteiger partial charge in [0, 0.05) is 6.54 Å². The molecule has 0 spiro atoms. The van der Waals surface area contributed by atoms with E-state index < -0.39 is 0 Å². The highest BCUT2D eigenvalue weighted by atomic mass is 19.1. The summed E-state index contributed by atoms with van der Waals surface area (Å²) in [7, 11) is 0. The van der Waals surface area contributed by atoms with Crippen LogP contribution in [-0.4, -0.2) is 23.1 Å². The van der Waals surface area contributed by atoms with Crippen LogP contribution in [0.3, 0.4) is 0 Å². The maximum absolute atomic E-state index is 12.7. The van der Waals surface area contributed by atoms with Crippen LogP contribution < -0.4 is 0 Å². The van der Waals surface area contributed by atoms with Crippen LogP contribution in [0.25, 0.3) is 0 Å². The van der Waals surface area contributed by atoms with Gasteiger partial charge in [-0.1, -0.05) is 12.1 Å². The van der Waals surface area contributed by atoms with Gasteiger partial charge in [0.15, 0.2) is 0 Å².